The van der Waals surface area contributed by atoms with Gasteiger partial charge in [-0.05, 0) is 56.5 Å². The first-order valence-corrected chi connectivity index (χ1v) is 9.54. The molecule has 140 valence electrons. The molecule has 0 spiro atoms. The highest BCUT2D eigenvalue weighted by Crippen LogP contribution is 2.37. The second-order valence-corrected chi connectivity index (χ2v) is 7.58. The zero-order valence-corrected chi connectivity index (χ0v) is 15.5. The van der Waals surface area contributed by atoms with Gasteiger partial charge in [0, 0.05) is 35.1 Å². The first-order chi connectivity index (χ1) is 13.6. The number of fused-ring (bicyclic) bond motifs is 3. The molecule has 2 aliphatic heterocycles. The van der Waals surface area contributed by atoms with E-state index in [1.165, 1.54) is 0 Å². The van der Waals surface area contributed by atoms with Gasteiger partial charge in [0.05, 0.1) is 17.6 Å². The van der Waals surface area contributed by atoms with E-state index < -0.39 is 0 Å². The van der Waals surface area contributed by atoms with Crippen LogP contribution in [0.3, 0.4) is 0 Å². The van der Waals surface area contributed by atoms with Crippen molar-refractivity contribution in [2.75, 3.05) is 0 Å². The lowest BCUT2D eigenvalue weighted by atomic mass is 9.95. The van der Waals surface area contributed by atoms with Crippen LogP contribution in [0.25, 0.3) is 16.9 Å². The van der Waals surface area contributed by atoms with Crippen LogP contribution in [-0.4, -0.2) is 43.5 Å². The Kier molecular flexibility index (Phi) is 3.79. The number of carbonyl (C=O) groups excluding carboxylic acids is 1. The number of nitrogens with zero attached hydrogens (tertiary/aromatic N) is 5. The fourth-order valence-corrected chi connectivity index (χ4v) is 4.56. The molecule has 1 amide bonds. The van der Waals surface area contributed by atoms with Crippen molar-refractivity contribution in [2.45, 2.75) is 44.3 Å². The highest BCUT2D eigenvalue weighted by Gasteiger charge is 2.46. The third-order valence-electron chi connectivity index (χ3n) is 5.92. The molecule has 1 aromatic carbocycles. The zero-order valence-electron chi connectivity index (χ0n) is 15.5. The van der Waals surface area contributed by atoms with Gasteiger partial charge in [0.15, 0.2) is 6.19 Å². The summed E-state index contributed by atoms with van der Waals surface area (Å²) >= 11 is 0. The van der Waals surface area contributed by atoms with Gasteiger partial charge in [0.2, 0.25) is 5.95 Å². The molecule has 5 rings (SSSR count). The van der Waals surface area contributed by atoms with Crippen LogP contribution in [0.4, 0.5) is 0 Å². The molecule has 3 atom stereocenters. The number of aromatic nitrogens is 3. The van der Waals surface area contributed by atoms with Crippen LogP contribution >= 0.6 is 0 Å². The van der Waals surface area contributed by atoms with Crippen LogP contribution in [0.2, 0.25) is 0 Å². The summed E-state index contributed by atoms with van der Waals surface area (Å²) in [5.74, 6) is 0.530. The molecule has 28 heavy (non-hydrogen) atoms. The van der Waals surface area contributed by atoms with Crippen molar-refractivity contribution in [3.05, 3.63) is 54.0 Å². The summed E-state index contributed by atoms with van der Waals surface area (Å²) in [6.07, 6.45) is 8.82. The highest BCUT2D eigenvalue weighted by atomic mass is 16.1. The quantitative estimate of drug-likeness (QED) is 0.714. The van der Waals surface area contributed by atoms with Crippen molar-refractivity contribution in [2.24, 2.45) is 0 Å². The normalized spacial score (nSPS) is 23.1. The van der Waals surface area contributed by atoms with Crippen molar-refractivity contribution in [3.63, 3.8) is 0 Å². The number of nitrogens with one attached hydrogen (secondary N) is 1. The molecule has 7 heteroatoms. The molecule has 3 aromatic rings. The summed E-state index contributed by atoms with van der Waals surface area (Å²) < 4.78 is 1.92. The number of rotatable bonds is 3. The minimum absolute atomic E-state index is 0.0480. The fourth-order valence-electron chi connectivity index (χ4n) is 4.56. The lowest BCUT2D eigenvalue weighted by Crippen LogP contribution is -2.43. The maximum Gasteiger partial charge on any atom is 0.251 e. The Morgan fingerprint density at radius 1 is 1.29 bits per heavy atom. The van der Waals surface area contributed by atoms with E-state index in [4.69, 9.17) is 0 Å². The highest BCUT2D eigenvalue weighted by molar-refractivity contribution is 5.98. The largest absolute Gasteiger partial charge is 0.347 e. The number of aryl methyl sites for hydroxylation is 1. The average molecular weight is 372 g/mol. The lowest BCUT2D eigenvalue weighted by Gasteiger charge is -2.21. The smallest absolute Gasteiger partial charge is 0.251 e. The molecule has 1 N–H and O–H groups in total. The fraction of sp³-hybridized carbons (Fsp3) is 0.333. The predicted octanol–water partition coefficient (Wildman–Crippen LogP) is 2.55. The molecule has 0 saturated carbocycles. The van der Waals surface area contributed by atoms with E-state index in [-0.39, 0.29) is 24.0 Å². The standard InChI is InChI=1S/C21H20N6O/c1-13-6-8-23-21(24-13)26-9-7-14-10-15(2-4-18(14)26)20(28)25-17-11-16-3-5-19(17)27(16)12-22/h2,4,6-10,16-17,19H,3,5,11H2,1H3,(H,25,28)/t16-,17+,19+/m1/s1. The molecular formula is C21H20N6O. The Balaban J connectivity index is 1.39. The van der Waals surface area contributed by atoms with Crippen LogP contribution < -0.4 is 5.32 Å². The van der Waals surface area contributed by atoms with E-state index in [1.54, 1.807) is 6.20 Å². The number of carbonyl (C=O) groups is 1. The second kappa shape index (κ2) is 6.34. The molecular weight excluding hydrogens is 352 g/mol. The first kappa shape index (κ1) is 16.8. The van der Waals surface area contributed by atoms with Crippen LogP contribution in [0.1, 0.15) is 35.3 Å². The Morgan fingerprint density at radius 2 is 2.18 bits per heavy atom. The van der Waals surface area contributed by atoms with E-state index in [0.29, 0.717) is 11.5 Å². The molecule has 0 aliphatic carbocycles. The van der Waals surface area contributed by atoms with E-state index in [1.807, 2.05) is 52.9 Å². The summed E-state index contributed by atoms with van der Waals surface area (Å²) in [7, 11) is 0. The molecule has 2 aliphatic rings. The average Bonchev–Trinajstić information content (AvgIpc) is 3.39. The predicted molar refractivity (Wildman–Crippen MR) is 104 cm³/mol. The molecule has 2 fully saturated rings. The number of amides is 1. The Morgan fingerprint density at radius 3 is 2.96 bits per heavy atom. The van der Waals surface area contributed by atoms with E-state index in [2.05, 4.69) is 21.5 Å². The van der Waals surface area contributed by atoms with Crippen LogP contribution in [0, 0.1) is 18.4 Å². The van der Waals surface area contributed by atoms with Crippen LogP contribution in [0.15, 0.2) is 42.7 Å². The molecule has 2 aromatic heterocycles. The van der Waals surface area contributed by atoms with Gasteiger partial charge in [0.1, 0.15) is 0 Å². The topological polar surface area (TPSA) is 86.8 Å². The van der Waals surface area contributed by atoms with Crippen molar-refractivity contribution in [3.8, 4) is 12.1 Å². The van der Waals surface area contributed by atoms with Crippen molar-refractivity contribution in [1.29, 1.82) is 5.26 Å². The van der Waals surface area contributed by atoms with Crippen LogP contribution in [-0.2, 0) is 0 Å². The van der Waals surface area contributed by atoms with E-state index in [0.717, 1.165) is 35.9 Å². The summed E-state index contributed by atoms with van der Waals surface area (Å²) in [5.41, 5.74) is 2.49. The van der Waals surface area contributed by atoms with E-state index >= 15 is 0 Å². The summed E-state index contributed by atoms with van der Waals surface area (Å²) in [5, 5.41) is 13.4. The lowest BCUT2D eigenvalue weighted by molar-refractivity contribution is 0.0928. The van der Waals surface area contributed by atoms with E-state index in [9.17, 15) is 10.1 Å². The van der Waals surface area contributed by atoms with Gasteiger partial charge in [-0.15, -0.1) is 0 Å². The number of hydrogen-bond acceptors (Lipinski definition) is 5. The molecule has 2 saturated heterocycles. The third-order valence-corrected chi connectivity index (χ3v) is 5.92. The molecule has 7 nitrogen and oxygen atoms in total. The SMILES string of the molecule is Cc1ccnc(-n2ccc3cc(C(=O)N[C@H]4C[C@H]5CC[C@@H]4N5C#N)ccc32)n1. The molecule has 4 heterocycles. The van der Waals surface area contributed by atoms with Crippen molar-refractivity contribution >= 4 is 16.8 Å². The second-order valence-electron chi connectivity index (χ2n) is 7.58. The van der Waals surface area contributed by atoms with Gasteiger partial charge in [-0.3, -0.25) is 9.36 Å². The summed E-state index contributed by atoms with van der Waals surface area (Å²) in [6.45, 7) is 1.93. The molecule has 0 radical (unpaired) electrons. The minimum Gasteiger partial charge on any atom is -0.347 e. The molecule has 0 unspecified atom stereocenters. The van der Waals surface area contributed by atoms with Gasteiger partial charge >= 0.3 is 0 Å². The Bertz CT molecular complexity index is 1110. The zero-order chi connectivity index (χ0) is 19.3. The monoisotopic (exact) mass is 372 g/mol. The van der Waals surface area contributed by atoms with Crippen molar-refractivity contribution < 1.29 is 4.79 Å². The van der Waals surface area contributed by atoms with Gasteiger partial charge in [-0.25, -0.2) is 9.97 Å². The third kappa shape index (κ3) is 2.61. The Hall–Kier alpha value is -3.40. The van der Waals surface area contributed by atoms with Gasteiger partial charge in [0.25, 0.3) is 5.91 Å². The number of hydrogen-bond donors (Lipinski definition) is 1. The van der Waals surface area contributed by atoms with Crippen molar-refractivity contribution in [1.82, 2.24) is 24.8 Å². The maximum atomic E-state index is 12.8. The van der Waals surface area contributed by atoms with Crippen LogP contribution in [0.5, 0.6) is 0 Å². The van der Waals surface area contributed by atoms with Gasteiger partial charge < -0.3 is 10.2 Å². The first-order valence-electron chi connectivity index (χ1n) is 9.54. The Labute approximate surface area is 162 Å². The number of nitriles is 1. The molecule has 2 bridgehead atoms. The summed E-state index contributed by atoms with van der Waals surface area (Å²) in [4.78, 5) is 23.5. The number of benzene rings is 1. The van der Waals surface area contributed by atoms with Gasteiger partial charge in [-0.2, -0.15) is 5.26 Å². The maximum absolute atomic E-state index is 12.8. The van der Waals surface area contributed by atoms with Gasteiger partial charge in [-0.1, -0.05) is 0 Å². The summed E-state index contributed by atoms with van der Waals surface area (Å²) in [6, 6.07) is 9.96. The minimum atomic E-state index is -0.0862.